The van der Waals surface area contributed by atoms with Gasteiger partial charge in [0, 0.05) is 0 Å². The van der Waals surface area contributed by atoms with Gasteiger partial charge < -0.3 is 9.47 Å². The SMILES string of the molecule is CCOC(=O)C1C(=O)CN(C(=O)OC(C)(C)C)[C@@H]1C. The zero-order valence-electron chi connectivity index (χ0n) is 12.1. The van der Waals surface area contributed by atoms with E-state index in [4.69, 9.17) is 9.47 Å². The summed E-state index contributed by atoms with van der Waals surface area (Å²) >= 11 is 0. The van der Waals surface area contributed by atoms with Crippen molar-refractivity contribution in [2.45, 2.75) is 46.3 Å². The second kappa shape index (κ2) is 5.59. The fraction of sp³-hybridized carbons (Fsp3) is 0.769. The zero-order valence-corrected chi connectivity index (χ0v) is 12.1. The van der Waals surface area contributed by atoms with E-state index in [1.54, 1.807) is 34.6 Å². The maximum Gasteiger partial charge on any atom is 0.410 e. The van der Waals surface area contributed by atoms with Crippen molar-refractivity contribution in [1.82, 2.24) is 4.90 Å². The van der Waals surface area contributed by atoms with Gasteiger partial charge >= 0.3 is 12.1 Å². The molecule has 0 aromatic carbocycles. The van der Waals surface area contributed by atoms with Crippen LogP contribution in [0.2, 0.25) is 0 Å². The third kappa shape index (κ3) is 3.68. The lowest BCUT2D eigenvalue weighted by Gasteiger charge is -2.27. The summed E-state index contributed by atoms with van der Waals surface area (Å²) in [7, 11) is 0. The van der Waals surface area contributed by atoms with Crippen molar-refractivity contribution in [3.05, 3.63) is 0 Å². The van der Waals surface area contributed by atoms with E-state index in [1.165, 1.54) is 4.90 Å². The first kappa shape index (κ1) is 15.5. The van der Waals surface area contributed by atoms with Crippen LogP contribution in [-0.4, -0.2) is 47.5 Å². The summed E-state index contributed by atoms with van der Waals surface area (Å²) in [4.78, 5) is 36.7. The molecule has 108 valence electrons. The van der Waals surface area contributed by atoms with E-state index >= 15 is 0 Å². The van der Waals surface area contributed by atoms with E-state index in [2.05, 4.69) is 0 Å². The maximum absolute atomic E-state index is 11.9. The molecule has 1 amide bonds. The number of esters is 1. The van der Waals surface area contributed by atoms with Crippen molar-refractivity contribution in [3.63, 3.8) is 0 Å². The van der Waals surface area contributed by atoms with E-state index in [0.29, 0.717) is 0 Å². The van der Waals surface area contributed by atoms with Crippen LogP contribution < -0.4 is 0 Å². The molecule has 19 heavy (non-hydrogen) atoms. The summed E-state index contributed by atoms with van der Waals surface area (Å²) in [6, 6.07) is -0.540. The Hall–Kier alpha value is -1.59. The topological polar surface area (TPSA) is 72.9 Å². The molecule has 2 atom stereocenters. The quantitative estimate of drug-likeness (QED) is 0.560. The van der Waals surface area contributed by atoms with E-state index in [9.17, 15) is 14.4 Å². The van der Waals surface area contributed by atoms with Crippen LogP contribution in [0.25, 0.3) is 0 Å². The van der Waals surface area contributed by atoms with Gasteiger partial charge in [0.15, 0.2) is 5.78 Å². The summed E-state index contributed by atoms with van der Waals surface area (Å²) < 4.78 is 10.1. The molecule has 0 N–H and O–H groups in total. The molecule has 6 nitrogen and oxygen atoms in total. The molecule has 0 radical (unpaired) electrons. The third-order valence-corrected chi connectivity index (χ3v) is 2.82. The highest BCUT2D eigenvalue weighted by atomic mass is 16.6. The normalized spacial score (nSPS) is 23.4. The van der Waals surface area contributed by atoms with Gasteiger partial charge in [-0.1, -0.05) is 0 Å². The van der Waals surface area contributed by atoms with E-state index in [-0.39, 0.29) is 18.9 Å². The van der Waals surface area contributed by atoms with Gasteiger partial charge in [0.1, 0.15) is 11.5 Å². The maximum atomic E-state index is 11.9. The van der Waals surface area contributed by atoms with E-state index in [0.717, 1.165) is 0 Å². The van der Waals surface area contributed by atoms with Crippen molar-refractivity contribution in [2.24, 2.45) is 5.92 Å². The number of carbonyl (C=O) groups excluding carboxylic acids is 3. The number of amides is 1. The molecule has 0 aromatic rings. The van der Waals surface area contributed by atoms with Crippen LogP contribution in [0.1, 0.15) is 34.6 Å². The average molecular weight is 271 g/mol. The molecular formula is C13H21NO5. The van der Waals surface area contributed by atoms with Crippen LogP contribution in [0.3, 0.4) is 0 Å². The molecule has 1 unspecified atom stereocenters. The van der Waals surface area contributed by atoms with Crippen LogP contribution in [0, 0.1) is 5.92 Å². The molecule has 1 aliphatic rings. The number of hydrogen-bond acceptors (Lipinski definition) is 5. The first-order chi connectivity index (χ1) is 8.67. The van der Waals surface area contributed by atoms with Crippen LogP contribution in [-0.2, 0) is 19.1 Å². The van der Waals surface area contributed by atoms with E-state index < -0.39 is 29.6 Å². The Morgan fingerprint density at radius 2 is 1.95 bits per heavy atom. The number of ketones is 1. The largest absolute Gasteiger partial charge is 0.465 e. The number of rotatable bonds is 2. The highest BCUT2D eigenvalue weighted by Crippen LogP contribution is 2.24. The van der Waals surface area contributed by atoms with Crippen molar-refractivity contribution in [1.29, 1.82) is 0 Å². The second-order valence-corrected chi connectivity index (χ2v) is 5.54. The fourth-order valence-corrected chi connectivity index (χ4v) is 1.97. The minimum atomic E-state index is -0.910. The van der Waals surface area contributed by atoms with Crippen molar-refractivity contribution < 1.29 is 23.9 Å². The van der Waals surface area contributed by atoms with Crippen molar-refractivity contribution in [2.75, 3.05) is 13.2 Å². The van der Waals surface area contributed by atoms with Gasteiger partial charge in [0.05, 0.1) is 19.2 Å². The summed E-state index contributed by atoms with van der Waals surface area (Å²) in [5.41, 5.74) is -0.637. The monoisotopic (exact) mass is 271 g/mol. The Morgan fingerprint density at radius 3 is 2.42 bits per heavy atom. The van der Waals surface area contributed by atoms with Gasteiger partial charge in [-0.05, 0) is 34.6 Å². The van der Waals surface area contributed by atoms with Crippen LogP contribution in [0.5, 0.6) is 0 Å². The molecule has 0 bridgehead atoms. The zero-order chi connectivity index (χ0) is 14.8. The van der Waals surface area contributed by atoms with Gasteiger partial charge in [0.25, 0.3) is 0 Å². The molecular weight excluding hydrogens is 250 g/mol. The number of likely N-dealkylation sites (tertiary alicyclic amines) is 1. The average Bonchev–Trinajstić information content (AvgIpc) is 2.52. The smallest absolute Gasteiger partial charge is 0.410 e. The molecule has 0 spiro atoms. The molecule has 1 saturated heterocycles. The summed E-state index contributed by atoms with van der Waals surface area (Å²) in [5.74, 6) is -1.80. The Bertz CT molecular complexity index is 385. The van der Waals surface area contributed by atoms with Gasteiger partial charge in [0.2, 0.25) is 0 Å². The Balaban J connectivity index is 2.78. The Morgan fingerprint density at radius 1 is 1.37 bits per heavy atom. The highest BCUT2D eigenvalue weighted by Gasteiger charge is 2.46. The third-order valence-electron chi connectivity index (χ3n) is 2.82. The van der Waals surface area contributed by atoms with Gasteiger partial charge in [-0.3, -0.25) is 14.5 Å². The molecule has 1 heterocycles. The lowest BCUT2D eigenvalue weighted by molar-refractivity contribution is -0.150. The Kier molecular flexibility index (Phi) is 4.55. The lowest BCUT2D eigenvalue weighted by atomic mass is 10.0. The van der Waals surface area contributed by atoms with Crippen molar-refractivity contribution in [3.8, 4) is 0 Å². The van der Waals surface area contributed by atoms with Crippen LogP contribution in [0.4, 0.5) is 4.79 Å². The molecule has 0 saturated carbocycles. The summed E-state index contributed by atoms with van der Waals surface area (Å²) in [6.45, 7) is 8.66. The van der Waals surface area contributed by atoms with Crippen LogP contribution >= 0.6 is 0 Å². The number of ether oxygens (including phenoxy) is 2. The number of carbonyl (C=O) groups is 3. The summed E-state index contributed by atoms with van der Waals surface area (Å²) in [5, 5.41) is 0. The minimum absolute atomic E-state index is 0.112. The summed E-state index contributed by atoms with van der Waals surface area (Å²) in [6.07, 6.45) is -0.583. The number of hydrogen-bond donors (Lipinski definition) is 0. The van der Waals surface area contributed by atoms with Crippen LogP contribution in [0.15, 0.2) is 0 Å². The first-order valence-electron chi connectivity index (χ1n) is 6.36. The van der Waals surface area contributed by atoms with E-state index in [1.807, 2.05) is 0 Å². The van der Waals surface area contributed by atoms with Gasteiger partial charge in [-0.15, -0.1) is 0 Å². The highest BCUT2D eigenvalue weighted by molar-refractivity contribution is 6.04. The molecule has 1 rings (SSSR count). The second-order valence-electron chi connectivity index (χ2n) is 5.54. The molecule has 0 aliphatic carbocycles. The number of nitrogens with zero attached hydrogens (tertiary/aromatic N) is 1. The van der Waals surface area contributed by atoms with Gasteiger partial charge in [-0.25, -0.2) is 4.79 Å². The minimum Gasteiger partial charge on any atom is -0.465 e. The predicted molar refractivity (Wildman–Crippen MR) is 67.5 cm³/mol. The van der Waals surface area contributed by atoms with Gasteiger partial charge in [-0.2, -0.15) is 0 Å². The van der Waals surface area contributed by atoms with Crippen molar-refractivity contribution >= 4 is 17.8 Å². The fourth-order valence-electron chi connectivity index (χ4n) is 1.97. The molecule has 1 fully saturated rings. The molecule has 6 heteroatoms. The Labute approximate surface area is 113 Å². The predicted octanol–water partition coefficient (Wildman–Crippen LogP) is 1.37. The number of Topliss-reactive ketones (excluding diaryl/α,β-unsaturated/α-hetero) is 1. The molecule has 0 aromatic heterocycles. The lowest BCUT2D eigenvalue weighted by Crippen LogP contribution is -2.41. The standard InChI is InChI=1S/C13H21NO5/c1-6-18-11(16)10-8(2)14(7-9(10)15)12(17)19-13(3,4)5/h8,10H,6-7H2,1-5H3/t8-,10?/m1/s1. The first-order valence-corrected chi connectivity index (χ1v) is 6.36. The molecule has 1 aliphatic heterocycles.